The highest BCUT2D eigenvalue weighted by molar-refractivity contribution is 5.83. The average molecular weight is 371 g/mol. The first-order chi connectivity index (χ1) is 13.1. The van der Waals surface area contributed by atoms with Crippen LogP contribution in [0.4, 0.5) is 0 Å². The van der Waals surface area contributed by atoms with E-state index in [1.807, 2.05) is 13.0 Å². The first-order valence-electron chi connectivity index (χ1n) is 11.2. The molecule has 0 spiro atoms. The Kier molecular flexibility index (Phi) is 4.58. The summed E-state index contributed by atoms with van der Waals surface area (Å²) in [6, 6.07) is 4.33. The summed E-state index contributed by atoms with van der Waals surface area (Å²) in [6.07, 6.45) is 11.4. The SMILES string of the molecule is Cc1ccc([C@@H](CNC(=O)C23CC4CC(CC(C4)C2)C3)N2CCCCC2)o1. The van der Waals surface area contributed by atoms with E-state index in [2.05, 4.69) is 16.3 Å². The Balaban J connectivity index is 1.29. The number of nitrogens with zero attached hydrogens (tertiary/aromatic N) is 1. The summed E-state index contributed by atoms with van der Waals surface area (Å²) < 4.78 is 5.99. The summed E-state index contributed by atoms with van der Waals surface area (Å²) in [5.41, 5.74) is -0.0553. The minimum atomic E-state index is -0.0553. The molecule has 6 rings (SSSR count). The third-order valence-corrected chi connectivity index (χ3v) is 7.90. The van der Waals surface area contributed by atoms with E-state index in [0.29, 0.717) is 12.5 Å². The van der Waals surface area contributed by atoms with Crippen molar-refractivity contribution >= 4 is 5.91 Å². The molecule has 1 aliphatic heterocycles. The molecule has 5 aliphatic rings. The second-order valence-electron chi connectivity index (χ2n) is 9.97. The van der Waals surface area contributed by atoms with Crippen LogP contribution >= 0.6 is 0 Å². The van der Waals surface area contributed by atoms with Gasteiger partial charge in [0.05, 0.1) is 6.04 Å². The highest BCUT2D eigenvalue weighted by Crippen LogP contribution is 2.60. The van der Waals surface area contributed by atoms with Gasteiger partial charge in [-0.05, 0) is 101 Å². The van der Waals surface area contributed by atoms with Crippen molar-refractivity contribution in [2.75, 3.05) is 19.6 Å². The van der Waals surface area contributed by atoms with E-state index in [1.54, 1.807) is 0 Å². The molecule has 2 heterocycles. The maximum absolute atomic E-state index is 13.4. The van der Waals surface area contributed by atoms with Crippen molar-refractivity contribution < 1.29 is 9.21 Å². The monoisotopic (exact) mass is 370 g/mol. The van der Waals surface area contributed by atoms with Crippen molar-refractivity contribution in [1.82, 2.24) is 10.2 Å². The van der Waals surface area contributed by atoms with Crippen LogP contribution in [0.15, 0.2) is 16.5 Å². The number of piperidine rings is 1. The highest BCUT2D eigenvalue weighted by Gasteiger charge is 2.54. The summed E-state index contributed by atoms with van der Waals surface area (Å²) in [6.45, 7) is 4.91. The van der Waals surface area contributed by atoms with Crippen molar-refractivity contribution in [2.24, 2.45) is 23.2 Å². The summed E-state index contributed by atoms with van der Waals surface area (Å²) in [4.78, 5) is 15.9. The lowest BCUT2D eigenvalue weighted by Gasteiger charge is -2.55. The summed E-state index contributed by atoms with van der Waals surface area (Å²) in [7, 11) is 0. The Labute approximate surface area is 163 Å². The van der Waals surface area contributed by atoms with Crippen molar-refractivity contribution in [3.63, 3.8) is 0 Å². The molecule has 0 radical (unpaired) electrons. The van der Waals surface area contributed by atoms with Crippen LogP contribution in [0.25, 0.3) is 0 Å². The molecule has 0 unspecified atom stereocenters. The Morgan fingerprint density at radius 1 is 1.11 bits per heavy atom. The second kappa shape index (κ2) is 6.95. The first-order valence-corrected chi connectivity index (χ1v) is 11.2. The van der Waals surface area contributed by atoms with Crippen LogP contribution in [-0.4, -0.2) is 30.4 Å². The van der Waals surface area contributed by atoms with E-state index in [1.165, 1.54) is 38.5 Å². The predicted molar refractivity (Wildman–Crippen MR) is 105 cm³/mol. The minimum absolute atomic E-state index is 0.0553. The molecule has 148 valence electrons. The number of carbonyl (C=O) groups excluding carboxylic acids is 1. The quantitative estimate of drug-likeness (QED) is 0.833. The molecule has 4 bridgehead atoms. The van der Waals surface area contributed by atoms with Gasteiger partial charge in [-0.3, -0.25) is 9.69 Å². The van der Waals surface area contributed by atoms with Gasteiger partial charge < -0.3 is 9.73 Å². The Morgan fingerprint density at radius 3 is 2.30 bits per heavy atom. The molecular formula is C23H34N2O2. The molecule has 4 aliphatic carbocycles. The molecule has 1 aromatic rings. The third-order valence-electron chi connectivity index (χ3n) is 7.90. The second-order valence-corrected chi connectivity index (χ2v) is 9.97. The van der Waals surface area contributed by atoms with Crippen molar-refractivity contribution in [2.45, 2.75) is 70.8 Å². The van der Waals surface area contributed by atoms with Gasteiger partial charge in [0.15, 0.2) is 0 Å². The van der Waals surface area contributed by atoms with Gasteiger partial charge in [-0.15, -0.1) is 0 Å². The molecular weight excluding hydrogens is 336 g/mol. The number of hydrogen-bond donors (Lipinski definition) is 1. The van der Waals surface area contributed by atoms with Crippen LogP contribution in [0.1, 0.15) is 75.3 Å². The Morgan fingerprint density at radius 2 is 1.74 bits per heavy atom. The highest BCUT2D eigenvalue weighted by atomic mass is 16.3. The van der Waals surface area contributed by atoms with Crippen LogP contribution in [0.2, 0.25) is 0 Å². The summed E-state index contributed by atoms with van der Waals surface area (Å²) >= 11 is 0. The van der Waals surface area contributed by atoms with Crippen molar-refractivity contribution in [3.05, 3.63) is 23.7 Å². The Hall–Kier alpha value is -1.29. The molecule has 4 nitrogen and oxygen atoms in total. The largest absolute Gasteiger partial charge is 0.465 e. The molecule has 1 saturated heterocycles. The molecule has 27 heavy (non-hydrogen) atoms. The molecule has 4 saturated carbocycles. The van der Waals surface area contributed by atoms with Crippen LogP contribution < -0.4 is 5.32 Å². The number of hydrogen-bond acceptors (Lipinski definition) is 3. The van der Waals surface area contributed by atoms with Gasteiger partial charge in [-0.1, -0.05) is 6.42 Å². The lowest BCUT2D eigenvalue weighted by molar-refractivity contribution is -0.146. The molecule has 1 N–H and O–H groups in total. The zero-order valence-corrected chi connectivity index (χ0v) is 16.7. The number of likely N-dealkylation sites (tertiary alicyclic amines) is 1. The van der Waals surface area contributed by atoms with Gasteiger partial charge in [-0.25, -0.2) is 0 Å². The molecule has 0 aromatic carbocycles. The molecule has 4 heteroatoms. The first kappa shape index (κ1) is 17.8. The maximum Gasteiger partial charge on any atom is 0.226 e. The molecule has 1 amide bonds. The van der Waals surface area contributed by atoms with Gasteiger partial charge in [0.1, 0.15) is 11.5 Å². The van der Waals surface area contributed by atoms with Gasteiger partial charge in [0, 0.05) is 12.0 Å². The molecule has 1 aromatic heterocycles. The lowest BCUT2D eigenvalue weighted by Crippen LogP contribution is -2.54. The number of rotatable bonds is 5. The van der Waals surface area contributed by atoms with E-state index in [9.17, 15) is 4.79 Å². The number of aryl methyl sites for hydroxylation is 1. The topological polar surface area (TPSA) is 45.5 Å². The van der Waals surface area contributed by atoms with Crippen LogP contribution in [0, 0.1) is 30.1 Å². The fourth-order valence-corrected chi connectivity index (χ4v) is 7.04. The molecule has 5 fully saturated rings. The smallest absolute Gasteiger partial charge is 0.226 e. The fourth-order valence-electron chi connectivity index (χ4n) is 7.04. The minimum Gasteiger partial charge on any atom is -0.465 e. The third kappa shape index (κ3) is 3.35. The summed E-state index contributed by atoms with van der Waals surface area (Å²) in [5.74, 6) is 4.75. The lowest BCUT2D eigenvalue weighted by atomic mass is 9.49. The number of furan rings is 1. The van der Waals surface area contributed by atoms with Gasteiger partial charge in [0.2, 0.25) is 5.91 Å². The predicted octanol–water partition coefficient (Wildman–Crippen LogP) is 4.45. The standard InChI is InChI=1S/C23H34N2O2/c1-16-5-6-21(27-16)20(25-7-3-2-4-8-25)15-24-22(26)23-12-17-9-18(13-23)11-19(10-17)14-23/h5-6,17-20H,2-4,7-15H2,1H3,(H,24,26)/t17?,18?,19?,20-,23?/m1/s1. The zero-order valence-electron chi connectivity index (χ0n) is 16.7. The van der Waals surface area contributed by atoms with E-state index in [-0.39, 0.29) is 11.5 Å². The number of nitrogens with one attached hydrogen (secondary N) is 1. The van der Waals surface area contributed by atoms with Crippen LogP contribution in [0.3, 0.4) is 0 Å². The van der Waals surface area contributed by atoms with E-state index >= 15 is 0 Å². The van der Waals surface area contributed by atoms with Crippen LogP contribution in [-0.2, 0) is 4.79 Å². The normalized spacial score (nSPS) is 36.7. The van der Waals surface area contributed by atoms with Gasteiger partial charge >= 0.3 is 0 Å². The van der Waals surface area contributed by atoms with Crippen LogP contribution in [0.5, 0.6) is 0 Å². The van der Waals surface area contributed by atoms with E-state index in [4.69, 9.17) is 4.42 Å². The fraction of sp³-hybridized carbons (Fsp3) is 0.783. The number of carbonyl (C=O) groups is 1. The zero-order chi connectivity index (χ0) is 18.4. The van der Waals surface area contributed by atoms with E-state index < -0.39 is 0 Å². The van der Waals surface area contributed by atoms with Gasteiger partial charge in [-0.2, -0.15) is 0 Å². The van der Waals surface area contributed by atoms with E-state index in [0.717, 1.165) is 61.6 Å². The van der Waals surface area contributed by atoms with Gasteiger partial charge in [0.25, 0.3) is 0 Å². The van der Waals surface area contributed by atoms with Crippen molar-refractivity contribution in [1.29, 1.82) is 0 Å². The molecule has 1 atom stereocenters. The maximum atomic E-state index is 13.4. The number of amides is 1. The Bertz CT molecular complexity index is 653. The average Bonchev–Trinajstić information content (AvgIpc) is 3.07. The van der Waals surface area contributed by atoms with Crippen molar-refractivity contribution in [3.8, 4) is 0 Å². The summed E-state index contributed by atoms with van der Waals surface area (Å²) in [5, 5.41) is 3.40.